The molecule has 0 spiro atoms. The van der Waals surface area contributed by atoms with Crippen molar-refractivity contribution in [2.24, 2.45) is 0 Å². The van der Waals surface area contributed by atoms with Crippen LogP contribution < -0.4 is 10.6 Å². The van der Waals surface area contributed by atoms with Gasteiger partial charge in [0.2, 0.25) is 11.8 Å². The standard InChI is InChI=1S/C55H50N2O4/c1-36-19-27-42(28-20-36)54(60,43-29-21-37(2)22-30-43)52(48-17-9-13-40-11-5-7-15-46(40)48)56-50(58)35-51(59)57-53(49-18-10-14-41-12-6-8-16-47(41)49)55(61,44-31-23-38(3)24-32-44)45-33-25-39(4)26-34-45/h5-34,52-53,60-61H,35H2,1-4H3,(H,56,58)(H,57,59)/t52-,53-/m0/s1. The number of rotatable bonds is 12. The van der Waals surface area contributed by atoms with Crippen LogP contribution in [0.15, 0.2) is 182 Å². The minimum atomic E-state index is -1.76. The molecular formula is C55H50N2O4. The fourth-order valence-corrected chi connectivity index (χ4v) is 8.62. The average molecular weight is 803 g/mol. The minimum absolute atomic E-state index is 0.585. The number of carbonyl (C=O) groups is 2. The van der Waals surface area contributed by atoms with Crippen LogP contribution in [0.2, 0.25) is 0 Å². The highest BCUT2D eigenvalue weighted by Gasteiger charge is 2.45. The maximum Gasteiger partial charge on any atom is 0.230 e. The first kappa shape index (κ1) is 40.9. The highest BCUT2D eigenvalue weighted by atomic mass is 16.3. The quantitative estimate of drug-likeness (QED) is 0.0925. The van der Waals surface area contributed by atoms with Gasteiger partial charge >= 0.3 is 0 Å². The molecule has 0 aliphatic rings. The zero-order chi connectivity index (χ0) is 42.7. The molecule has 0 aliphatic heterocycles. The van der Waals surface area contributed by atoms with Gasteiger partial charge in [-0.25, -0.2) is 0 Å². The fourth-order valence-electron chi connectivity index (χ4n) is 8.62. The first-order chi connectivity index (χ1) is 29.4. The molecule has 8 rings (SSSR count). The van der Waals surface area contributed by atoms with E-state index in [0.29, 0.717) is 33.4 Å². The van der Waals surface area contributed by atoms with Gasteiger partial charge in [0.25, 0.3) is 0 Å². The zero-order valence-electron chi connectivity index (χ0n) is 34.9. The van der Waals surface area contributed by atoms with E-state index >= 15 is 0 Å². The van der Waals surface area contributed by atoms with Gasteiger partial charge in [0.15, 0.2) is 0 Å². The first-order valence-electron chi connectivity index (χ1n) is 20.7. The minimum Gasteiger partial charge on any atom is -0.378 e. The summed E-state index contributed by atoms with van der Waals surface area (Å²) in [6.07, 6.45) is -0.585. The van der Waals surface area contributed by atoms with E-state index in [4.69, 9.17) is 0 Å². The summed E-state index contributed by atoms with van der Waals surface area (Å²) in [7, 11) is 0. The van der Waals surface area contributed by atoms with Gasteiger partial charge in [-0.1, -0.05) is 204 Å². The molecule has 0 saturated heterocycles. The summed E-state index contributed by atoms with van der Waals surface area (Å²) in [6, 6.07) is 56.0. The summed E-state index contributed by atoms with van der Waals surface area (Å²) < 4.78 is 0. The normalized spacial score (nSPS) is 12.8. The van der Waals surface area contributed by atoms with Crippen molar-refractivity contribution in [3.05, 3.63) is 238 Å². The summed E-state index contributed by atoms with van der Waals surface area (Å²) in [5.74, 6) is -1.20. The summed E-state index contributed by atoms with van der Waals surface area (Å²) >= 11 is 0. The number of amides is 2. The number of aliphatic hydroxyl groups is 2. The summed E-state index contributed by atoms with van der Waals surface area (Å²) in [6.45, 7) is 7.95. The largest absolute Gasteiger partial charge is 0.378 e. The molecule has 8 aromatic rings. The molecule has 0 aliphatic carbocycles. The van der Waals surface area contributed by atoms with E-state index in [0.717, 1.165) is 43.8 Å². The van der Waals surface area contributed by atoms with Gasteiger partial charge in [0, 0.05) is 0 Å². The van der Waals surface area contributed by atoms with Crippen LogP contribution in [-0.4, -0.2) is 22.0 Å². The van der Waals surface area contributed by atoms with Gasteiger partial charge in [-0.15, -0.1) is 0 Å². The van der Waals surface area contributed by atoms with E-state index in [-0.39, 0.29) is 0 Å². The van der Waals surface area contributed by atoms with Gasteiger partial charge in [0.05, 0.1) is 12.1 Å². The molecule has 6 heteroatoms. The molecule has 6 nitrogen and oxygen atoms in total. The molecule has 0 bridgehead atoms. The second-order valence-corrected chi connectivity index (χ2v) is 16.3. The molecule has 0 heterocycles. The van der Waals surface area contributed by atoms with Crippen molar-refractivity contribution in [2.45, 2.75) is 57.4 Å². The van der Waals surface area contributed by atoms with Gasteiger partial charge in [-0.2, -0.15) is 0 Å². The topological polar surface area (TPSA) is 98.7 Å². The number of aryl methyl sites for hydroxylation is 4. The van der Waals surface area contributed by atoms with Crippen LogP contribution in [-0.2, 0) is 20.8 Å². The second-order valence-electron chi connectivity index (χ2n) is 16.3. The zero-order valence-corrected chi connectivity index (χ0v) is 34.9. The highest BCUT2D eigenvalue weighted by molar-refractivity contribution is 5.98. The Morgan fingerprint density at radius 2 is 0.689 bits per heavy atom. The van der Waals surface area contributed by atoms with Gasteiger partial charge < -0.3 is 20.8 Å². The molecule has 0 radical (unpaired) electrons. The molecule has 0 fully saturated rings. The van der Waals surface area contributed by atoms with E-state index in [1.807, 2.05) is 210 Å². The van der Waals surface area contributed by atoms with Crippen LogP contribution in [0.25, 0.3) is 21.5 Å². The summed E-state index contributed by atoms with van der Waals surface area (Å²) in [5.41, 5.74) is 4.29. The van der Waals surface area contributed by atoms with E-state index in [2.05, 4.69) is 10.6 Å². The Labute approximate surface area is 357 Å². The predicted octanol–water partition coefficient (Wildman–Crippen LogP) is 10.5. The summed E-state index contributed by atoms with van der Waals surface area (Å²) in [4.78, 5) is 29.3. The monoisotopic (exact) mass is 802 g/mol. The Hall–Kier alpha value is -6.86. The average Bonchev–Trinajstić information content (AvgIpc) is 3.27. The van der Waals surface area contributed by atoms with Crippen molar-refractivity contribution in [3.63, 3.8) is 0 Å². The van der Waals surface area contributed by atoms with Crippen LogP contribution in [0.4, 0.5) is 0 Å². The first-order valence-corrected chi connectivity index (χ1v) is 20.7. The van der Waals surface area contributed by atoms with Crippen LogP contribution in [0.1, 0.15) is 74.1 Å². The van der Waals surface area contributed by atoms with Gasteiger partial charge in [0.1, 0.15) is 17.6 Å². The molecular weight excluding hydrogens is 753 g/mol. The van der Waals surface area contributed by atoms with Gasteiger partial charge in [-0.3, -0.25) is 9.59 Å². The lowest BCUT2D eigenvalue weighted by Gasteiger charge is -2.39. The third kappa shape index (κ3) is 8.08. The lowest BCUT2D eigenvalue weighted by atomic mass is 9.75. The molecule has 61 heavy (non-hydrogen) atoms. The third-order valence-electron chi connectivity index (χ3n) is 12.0. The highest BCUT2D eigenvalue weighted by Crippen LogP contribution is 2.45. The van der Waals surface area contributed by atoms with Crippen LogP contribution in [0.5, 0.6) is 0 Å². The van der Waals surface area contributed by atoms with Crippen molar-refractivity contribution < 1.29 is 19.8 Å². The Kier molecular flexibility index (Phi) is 11.4. The molecule has 4 N–H and O–H groups in total. The Balaban J connectivity index is 1.22. The van der Waals surface area contributed by atoms with Crippen LogP contribution >= 0.6 is 0 Å². The predicted molar refractivity (Wildman–Crippen MR) is 245 cm³/mol. The summed E-state index contributed by atoms with van der Waals surface area (Å²) in [5, 5.41) is 36.6. The Bertz CT molecular complexity index is 2530. The SMILES string of the molecule is Cc1ccc(C(O)(c2ccc(C)cc2)[C@@H](NC(=O)CC(=O)N[C@@H](c2cccc3ccccc23)C(O)(c2ccc(C)cc2)c2ccc(C)cc2)c2cccc3ccccc23)cc1. The smallest absolute Gasteiger partial charge is 0.230 e. The number of fused-ring (bicyclic) bond motifs is 2. The van der Waals surface area contributed by atoms with Gasteiger partial charge in [-0.05, 0) is 82.6 Å². The van der Waals surface area contributed by atoms with Crippen molar-refractivity contribution >= 4 is 33.4 Å². The third-order valence-corrected chi connectivity index (χ3v) is 12.0. The number of benzene rings is 8. The second kappa shape index (κ2) is 17.0. The molecule has 304 valence electrons. The van der Waals surface area contributed by atoms with Crippen molar-refractivity contribution in [2.75, 3.05) is 0 Å². The van der Waals surface area contributed by atoms with Crippen molar-refractivity contribution in [1.29, 1.82) is 0 Å². The molecule has 0 saturated carbocycles. The molecule has 0 aromatic heterocycles. The molecule has 0 unspecified atom stereocenters. The molecule has 8 aromatic carbocycles. The lowest BCUT2D eigenvalue weighted by molar-refractivity contribution is -0.132. The Morgan fingerprint density at radius 1 is 0.410 bits per heavy atom. The van der Waals surface area contributed by atoms with Crippen LogP contribution in [0, 0.1) is 27.7 Å². The molecule has 2 atom stereocenters. The van der Waals surface area contributed by atoms with Crippen molar-refractivity contribution in [1.82, 2.24) is 10.6 Å². The Morgan fingerprint density at radius 3 is 1.00 bits per heavy atom. The maximum atomic E-state index is 14.6. The number of carbonyl (C=O) groups excluding carboxylic acids is 2. The van der Waals surface area contributed by atoms with E-state index < -0.39 is 41.5 Å². The number of nitrogens with one attached hydrogen (secondary N) is 2. The number of hydrogen-bond acceptors (Lipinski definition) is 4. The van der Waals surface area contributed by atoms with Crippen LogP contribution in [0.3, 0.4) is 0 Å². The lowest BCUT2D eigenvalue weighted by Crippen LogP contribution is -2.48. The van der Waals surface area contributed by atoms with E-state index in [1.54, 1.807) is 0 Å². The fraction of sp³-hybridized carbons (Fsp3) is 0.164. The molecule has 2 amide bonds. The van der Waals surface area contributed by atoms with E-state index in [9.17, 15) is 19.8 Å². The number of hydrogen-bond donors (Lipinski definition) is 4. The maximum absolute atomic E-state index is 14.6. The van der Waals surface area contributed by atoms with Crippen molar-refractivity contribution in [3.8, 4) is 0 Å². The van der Waals surface area contributed by atoms with E-state index in [1.165, 1.54) is 0 Å².